The van der Waals surface area contributed by atoms with E-state index in [1.807, 2.05) is 32.0 Å². The van der Waals surface area contributed by atoms with Crippen molar-refractivity contribution in [2.45, 2.75) is 76.7 Å². The molecular formula is C30H31FN4O. The number of benzene rings is 1. The van der Waals surface area contributed by atoms with Gasteiger partial charge in [-0.15, -0.1) is 0 Å². The smallest absolute Gasteiger partial charge is 0.256 e. The highest BCUT2D eigenvalue weighted by Crippen LogP contribution is 2.42. The zero-order valence-corrected chi connectivity index (χ0v) is 20.9. The Kier molecular flexibility index (Phi) is 5.90. The number of hydrogen-bond acceptors (Lipinski definition) is 4. The first-order valence-corrected chi connectivity index (χ1v) is 13.1. The first-order valence-electron chi connectivity index (χ1n) is 13.1. The van der Waals surface area contributed by atoms with Crippen LogP contribution in [0.5, 0.6) is 0 Å². The van der Waals surface area contributed by atoms with Crippen LogP contribution in [0.1, 0.15) is 89.9 Å². The average molecular weight is 483 g/mol. The summed E-state index contributed by atoms with van der Waals surface area (Å²) in [7, 11) is 0. The summed E-state index contributed by atoms with van der Waals surface area (Å²) in [5.74, 6) is 0.760. The van der Waals surface area contributed by atoms with Gasteiger partial charge >= 0.3 is 0 Å². The standard InChI is InChI=1S/C30H31FN4O/c1-18-5-3-7-25(31)28(18)22-12-10-21(11-13-22)24-15-26-29(34-19(2)16-33-26)35(30(24)36)17-27-23(20-8-9-20)6-4-14-32-27/h3-7,14-16,20-22H,8-13,17H2,1-2H3. The van der Waals surface area contributed by atoms with Gasteiger partial charge in [0.05, 0.1) is 17.9 Å². The molecule has 6 rings (SSSR count). The second-order valence-electron chi connectivity index (χ2n) is 10.5. The molecule has 0 bridgehead atoms. The maximum Gasteiger partial charge on any atom is 0.256 e. The Hall–Kier alpha value is -3.41. The Labute approximate surface area is 210 Å². The van der Waals surface area contributed by atoms with Crippen molar-refractivity contribution in [3.63, 3.8) is 0 Å². The van der Waals surface area contributed by atoms with Gasteiger partial charge in [0, 0.05) is 18.0 Å². The molecule has 0 radical (unpaired) electrons. The lowest BCUT2D eigenvalue weighted by Crippen LogP contribution is -2.29. The van der Waals surface area contributed by atoms with Crippen LogP contribution < -0.4 is 5.56 Å². The molecule has 3 aromatic heterocycles. The molecule has 2 aliphatic rings. The van der Waals surface area contributed by atoms with Crippen molar-refractivity contribution in [3.8, 4) is 0 Å². The van der Waals surface area contributed by atoms with Crippen LogP contribution >= 0.6 is 0 Å². The van der Waals surface area contributed by atoms with Crippen molar-refractivity contribution < 1.29 is 4.39 Å². The first-order chi connectivity index (χ1) is 17.5. The van der Waals surface area contributed by atoms with Gasteiger partial charge in [0.1, 0.15) is 11.3 Å². The number of aryl methyl sites for hydroxylation is 2. The molecule has 184 valence electrons. The van der Waals surface area contributed by atoms with Crippen molar-refractivity contribution >= 4 is 11.2 Å². The van der Waals surface area contributed by atoms with Gasteiger partial charge in [0.2, 0.25) is 0 Å². The molecule has 36 heavy (non-hydrogen) atoms. The van der Waals surface area contributed by atoms with Crippen molar-refractivity contribution in [2.75, 3.05) is 0 Å². The maximum absolute atomic E-state index is 14.6. The minimum Gasteiger partial charge on any atom is -0.285 e. The Morgan fingerprint density at radius 1 is 0.917 bits per heavy atom. The fourth-order valence-corrected chi connectivity index (χ4v) is 6.03. The predicted octanol–water partition coefficient (Wildman–Crippen LogP) is 6.31. The van der Waals surface area contributed by atoms with Gasteiger partial charge in [-0.1, -0.05) is 18.2 Å². The minimum atomic E-state index is -0.112. The van der Waals surface area contributed by atoms with Crippen molar-refractivity contribution in [3.05, 3.63) is 98.6 Å². The van der Waals surface area contributed by atoms with Crippen molar-refractivity contribution in [1.29, 1.82) is 0 Å². The Morgan fingerprint density at radius 3 is 2.39 bits per heavy atom. The second-order valence-corrected chi connectivity index (χ2v) is 10.5. The molecule has 0 aliphatic heterocycles. The van der Waals surface area contributed by atoms with E-state index in [2.05, 4.69) is 16.0 Å². The summed E-state index contributed by atoms with van der Waals surface area (Å²) in [6.45, 7) is 4.29. The third-order valence-electron chi connectivity index (χ3n) is 8.04. The molecule has 0 atom stereocenters. The fraction of sp³-hybridized carbons (Fsp3) is 0.400. The first kappa shape index (κ1) is 23.0. The van der Waals surface area contributed by atoms with Gasteiger partial charge in [0.25, 0.3) is 5.56 Å². The molecule has 1 aromatic carbocycles. The van der Waals surface area contributed by atoms with Gasteiger partial charge in [-0.25, -0.2) is 9.37 Å². The summed E-state index contributed by atoms with van der Waals surface area (Å²) >= 11 is 0. The summed E-state index contributed by atoms with van der Waals surface area (Å²) in [5.41, 5.74) is 6.99. The van der Waals surface area contributed by atoms with Gasteiger partial charge in [-0.3, -0.25) is 19.3 Å². The quantitative estimate of drug-likeness (QED) is 0.334. The maximum atomic E-state index is 14.6. The molecular weight excluding hydrogens is 451 g/mol. The molecule has 0 spiro atoms. The Morgan fingerprint density at radius 2 is 1.64 bits per heavy atom. The fourth-order valence-electron chi connectivity index (χ4n) is 6.03. The van der Waals surface area contributed by atoms with Crippen LogP contribution in [0, 0.1) is 19.7 Å². The predicted molar refractivity (Wildman–Crippen MR) is 139 cm³/mol. The molecule has 5 nitrogen and oxygen atoms in total. The highest BCUT2D eigenvalue weighted by Gasteiger charge is 2.30. The topological polar surface area (TPSA) is 60.7 Å². The molecule has 0 unspecified atom stereocenters. The molecule has 0 N–H and O–H groups in total. The number of halogens is 1. The lowest BCUT2D eigenvalue weighted by atomic mass is 9.75. The highest BCUT2D eigenvalue weighted by molar-refractivity contribution is 5.71. The van der Waals surface area contributed by atoms with Crippen LogP contribution in [-0.4, -0.2) is 19.5 Å². The van der Waals surface area contributed by atoms with E-state index in [0.717, 1.165) is 59.3 Å². The second kappa shape index (κ2) is 9.23. The van der Waals surface area contributed by atoms with Crippen LogP contribution in [-0.2, 0) is 6.54 Å². The lowest BCUT2D eigenvalue weighted by molar-refractivity contribution is 0.384. The van der Waals surface area contributed by atoms with Gasteiger partial charge in [-0.2, -0.15) is 0 Å². The van der Waals surface area contributed by atoms with E-state index < -0.39 is 0 Å². The van der Waals surface area contributed by atoms with Crippen LogP contribution in [0.4, 0.5) is 4.39 Å². The number of aromatic nitrogens is 4. The summed E-state index contributed by atoms with van der Waals surface area (Å²) < 4.78 is 16.4. The molecule has 6 heteroatoms. The van der Waals surface area contributed by atoms with Crippen LogP contribution in [0.2, 0.25) is 0 Å². The zero-order chi connectivity index (χ0) is 24.8. The van der Waals surface area contributed by atoms with Crippen LogP contribution in [0.15, 0.2) is 53.6 Å². The van der Waals surface area contributed by atoms with E-state index in [-0.39, 0.29) is 23.2 Å². The van der Waals surface area contributed by atoms with E-state index in [4.69, 9.17) is 4.98 Å². The third-order valence-corrected chi connectivity index (χ3v) is 8.04. The van der Waals surface area contributed by atoms with E-state index in [1.54, 1.807) is 29.1 Å². The summed E-state index contributed by atoms with van der Waals surface area (Å²) in [6, 6.07) is 11.4. The summed E-state index contributed by atoms with van der Waals surface area (Å²) in [5, 5.41) is 0. The van der Waals surface area contributed by atoms with Crippen LogP contribution in [0.3, 0.4) is 0 Å². The lowest BCUT2D eigenvalue weighted by Gasteiger charge is -2.30. The van der Waals surface area contributed by atoms with Crippen LogP contribution in [0.25, 0.3) is 11.2 Å². The van der Waals surface area contributed by atoms with Crippen molar-refractivity contribution in [1.82, 2.24) is 19.5 Å². The molecule has 2 aliphatic carbocycles. The number of nitrogens with zero attached hydrogens (tertiary/aromatic N) is 4. The third kappa shape index (κ3) is 4.23. The molecule has 2 saturated carbocycles. The zero-order valence-electron chi connectivity index (χ0n) is 20.9. The number of rotatable bonds is 5. The molecule has 2 fully saturated rings. The van der Waals surface area contributed by atoms with E-state index >= 15 is 0 Å². The summed E-state index contributed by atoms with van der Waals surface area (Å²) in [4.78, 5) is 28.0. The molecule has 0 saturated heterocycles. The van der Waals surface area contributed by atoms with Gasteiger partial charge in [0.15, 0.2) is 5.65 Å². The molecule has 0 amide bonds. The van der Waals surface area contributed by atoms with E-state index in [0.29, 0.717) is 18.1 Å². The average Bonchev–Trinajstić information content (AvgIpc) is 3.72. The number of pyridine rings is 2. The monoisotopic (exact) mass is 482 g/mol. The Bertz CT molecular complexity index is 1480. The molecule has 3 heterocycles. The Balaban J connectivity index is 1.36. The van der Waals surface area contributed by atoms with E-state index in [1.165, 1.54) is 18.4 Å². The number of fused-ring (bicyclic) bond motifs is 1. The normalized spacial score (nSPS) is 20.1. The van der Waals surface area contributed by atoms with Crippen molar-refractivity contribution in [2.24, 2.45) is 0 Å². The minimum absolute atomic E-state index is 0.000298. The van der Waals surface area contributed by atoms with Gasteiger partial charge in [-0.05, 0) is 105 Å². The highest BCUT2D eigenvalue weighted by atomic mass is 19.1. The summed E-state index contributed by atoms with van der Waals surface area (Å²) in [6.07, 6.45) is 9.38. The largest absolute Gasteiger partial charge is 0.285 e. The SMILES string of the molecule is Cc1cnc2cc(C3CCC(c4c(C)cccc4F)CC3)c(=O)n(Cc3ncccc3C3CC3)c2n1. The van der Waals surface area contributed by atoms with E-state index in [9.17, 15) is 9.18 Å². The van der Waals surface area contributed by atoms with Gasteiger partial charge < -0.3 is 0 Å². The number of hydrogen-bond donors (Lipinski definition) is 0. The molecule has 4 aromatic rings.